The molecule has 0 saturated carbocycles. The molecular weight excluding hydrogens is 388 g/mol. The Morgan fingerprint density at radius 1 is 1.17 bits per heavy atom. The van der Waals surface area contributed by atoms with Crippen LogP contribution in [0, 0.1) is 6.92 Å². The minimum atomic E-state index is -3.21. The molecule has 0 atom stereocenters. The van der Waals surface area contributed by atoms with Crippen molar-refractivity contribution in [1.29, 1.82) is 0 Å². The normalized spacial score (nSPS) is 12.1. The highest BCUT2D eigenvalue weighted by Gasteiger charge is 2.11. The summed E-state index contributed by atoms with van der Waals surface area (Å²) in [5, 5.41) is 6.48. The van der Waals surface area contributed by atoms with Gasteiger partial charge in [0.25, 0.3) is 0 Å². The quantitative estimate of drug-likeness (QED) is 0.506. The first-order chi connectivity index (χ1) is 13.7. The summed E-state index contributed by atoms with van der Waals surface area (Å²) in [6, 6.07) is 9.14. The second-order valence-corrected chi connectivity index (χ2v) is 9.08. The van der Waals surface area contributed by atoms with Gasteiger partial charge in [0.2, 0.25) is 5.88 Å². The van der Waals surface area contributed by atoms with E-state index >= 15 is 0 Å². The number of aromatic nitrogens is 1. The fraction of sp³-hybridized carbons (Fsp3) is 0.429. The Morgan fingerprint density at radius 2 is 1.90 bits per heavy atom. The molecule has 2 rings (SSSR count). The van der Waals surface area contributed by atoms with Crippen LogP contribution in [0.1, 0.15) is 37.5 Å². The molecule has 0 bridgehead atoms. The summed E-state index contributed by atoms with van der Waals surface area (Å²) in [6.07, 6.45) is 3.07. The molecule has 2 aromatic rings. The summed E-state index contributed by atoms with van der Waals surface area (Å²) in [6.45, 7) is 9.49. The van der Waals surface area contributed by atoms with Gasteiger partial charge in [0.05, 0.1) is 17.5 Å². The molecule has 1 aromatic carbocycles. The number of rotatable bonds is 8. The monoisotopic (exact) mass is 418 g/mol. The first-order valence-electron chi connectivity index (χ1n) is 9.62. The highest BCUT2D eigenvalue weighted by molar-refractivity contribution is 7.90. The van der Waals surface area contributed by atoms with Crippen molar-refractivity contribution in [3.63, 3.8) is 0 Å². The van der Waals surface area contributed by atoms with E-state index in [1.54, 1.807) is 19.2 Å². The van der Waals surface area contributed by atoms with Crippen LogP contribution in [0.25, 0.3) is 0 Å². The Morgan fingerprint density at radius 3 is 2.45 bits per heavy atom. The lowest BCUT2D eigenvalue weighted by atomic mass is 10.1. The van der Waals surface area contributed by atoms with Crippen LogP contribution in [0.3, 0.4) is 0 Å². The van der Waals surface area contributed by atoms with E-state index in [4.69, 9.17) is 4.74 Å². The SMILES string of the molecule is CCNC(=NCc1ccc(OC(C)C)nc1)NCc1ccc(S(C)(=O)=O)c(C)c1. The van der Waals surface area contributed by atoms with Crippen molar-refractivity contribution in [2.75, 3.05) is 12.8 Å². The first kappa shape index (κ1) is 22.7. The van der Waals surface area contributed by atoms with Crippen LogP contribution in [-0.4, -0.2) is 38.3 Å². The van der Waals surface area contributed by atoms with Gasteiger partial charge >= 0.3 is 0 Å². The van der Waals surface area contributed by atoms with Gasteiger partial charge in [-0.1, -0.05) is 18.2 Å². The van der Waals surface area contributed by atoms with Gasteiger partial charge in [-0.2, -0.15) is 0 Å². The highest BCUT2D eigenvalue weighted by Crippen LogP contribution is 2.16. The highest BCUT2D eigenvalue weighted by atomic mass is 32.2. The number of hydrogen-bond acceptors (Lipinski definition) is 5. The average Bonchev–Trinajstić information content (AvgIpc) is 2.63. The topological polar surface area (TPSA) is 92.7 Å². The molecule has 0 amide bonds. The van der Waals surface area contributed by atoms with Crippen molar-refractivity contribution >= 4 is 15.8 Å². The summed E-state index contributed by atoms with van der Waals surface area (Å²) in [5.41, 5.74) is 2.70. The number of hydrogen-bond donors (Lipinski definition) is 2. The molecule has 158 valence electrons. The largest absolute Gasteiger partial charge is 0.475 e. The number of benzene rings is 1. The number of aliphatic imine (C=N–C) groups is 1. The Bertz CT molecular complexity index is 939. The zero-order valence-electron chi connectivity index (χ0n) is 17.7. The molecule has 1 heterocycles. The van der Waals surface area contributed by atoms with Crippen LogP contribution in [-0.2, 0) is 22.9 Å². The molecule has 0 spiro atoms. The second-order valence-electron chi connectivity index (χ2n) is 7.09. The van der Waals surface area contributed by atoms with E-state index < -0.39 is 9.84 Å². The van der Waals surface area contributed by atoms with Crippen molar-refractivity contribution in [3.8, 4) is 5.88 Å². The van der Waals surface area contributed by atoms with Crippen LogP contribution < -0.4 is 15.4 Å². The summed E-state index contributed by atoms with van der Waals surface area (Å²) in [4.78, 5) is 9.24. The molecule has 0 fully saturated rings. The molecule has 29 heavy (non-hydrogen) atoms. The van der Waals surface area contributed by atoms with Crippen molar-refractivity contribution in [2.45, 2.75) is 51.8 Å². The number of ether oxygens (including phenoxy) is 1. The summed E-state index contributed by atoms with van der Waals surface area (Å²) < 4.78 is 29.1. The van der Waals surface area contributed by atoms with Crippen LogP contribution in [0.2, 0.25) is 0 Å². The molecule has 0 aliphatic heterocycles. The molecule has 0 unspecified atom stereocenters. The maximum Gasteiger partial charge on any atom is 0.213 e. The van der Waals surface area contributed by atoms with E-state index in [2.05, 4.69) is 20.6 Å². The van der Waals surface area contributed by atoms with Crippen molar-refractivity contribution in [2.24, 2.45) is 4.99 Å². The number of sulfone groups is 1. The second kappa shape index (κ2) is 10.2. The molecule has 2 N–H and O–H groups in total. The predicted octanol–water partition coefficient (Wildman–Crippen LogP) is 2.84. The lowest BCUT2D eigenvalue weighted by Crippen LogP contribution is -2.36. The van der Waals surface area contributed by atoms with Gasteiger partial charge in [-0.25, -0.2) is 18.4 Å². The molecular formula is C21H30N4O3S. The zero-order chi connectivity index (χ0) is 21.4. The lowest BCUT2D eigenvalue weighted by Gasteiger charge is -2.13. The minimum absolute atomic E-state index is 0.0889. The Hall–Kier alpha value is -2.61. The fourth-order valence-corrected chi connectivity index (χ4v) is 3.71. The third-order valence-electron chi connectivity index (χ3n) is 4.02. The van der Waals surface area contributed by atoms with E-state index in [0.29, 0.717) is 29.8 Å². The van der Waals surface area contributed by atoms with Crippen LogP contribution in [0.4, 0.5) is 0 Å². The van der Waals surface area contributed by atoms with E-state index in [0.717, 1.165) is 23.2 Å². The smallest absolute Gasteiger partial charge is 0.213 e. The van der Waals surface area contributed by atoms with Gasteiger partial charge < -0.3 is 15.4 Å². The average molecular weight is 419 g/mol. The number of nitrogens with one attached hydrogen (secondary N) is 2. The van der Waals surface area contributed by atoms with E-state index in [-0.39, 0.29) is 6.10 Å². The minimum Gasteiger partial charge on any atom is -0.475 e. The maximum atomic E-state index is 11.8. The summed E-state index contributed by atoms with van der Waals surface area (Å²) in [5.74, 6) is 1.28. The van der Waals surface area contributed by atoms with Crippen molar-refractivity contribution < 1.29 is 13.2 Å². The van der Waals surface area contributed by atoms with Gasteiger partial charge in [-0.05, 0) is 50.5 Å². The third kappa shape index (κ3) is 7.38. The standard InChI is InChI=1S/C21H30N4O3S/c1-6-22-21(25-14-18-8-10-20(23-13-18)28-15(2)3)24-12-17-7-9-19(16(4)11-17)29(5,26)27/h7-11,13,15H,6,12,14H2,1-5H3,(H2,22,24,25). The third-order valence-corrected chi connectivity index (χ3v) is 5.27. The van der Waals surface area contributed by atoms with Gasteiger partial charge in [-0.15, -0.1) is 0 Å². The Labute approximate surface area is 173 Å². The van der Waals surface area contributed by atoms with Gasteiger partial charge in [0, 0.05) is 31.6 Å². The van der Waals surface area contributed by atoms with Gasteiger partial charge in [0.15, 0.2) is 15.8 Å². The molecule has 0 aliphatic rings. The van der Waals surface area contributed by atoms with Crippen molar-refractivity contribution in [3.05, 3.63) is 53.2 Å². The number of pyridine rings is 1. The predicted molar refractivity (Wildman–Crippen MR) is 116 cm³/mol. The lowest BCUT2D eigenvalue weighted by molar-refractivity contribution is 0.232. The Balaban J connectivity index is 2.01. The van der Waals surface area contributed by atoms with Gasteiger partial charge in [-0.3, -0.25) is 0 Å². The van der Waals surface area contributed by atoms with Crippen LogP contribution >= 0.6 is 0 Å². The molecule has 1 aromatic heterocycles. The Kier molecular flexibility index (Phi) is 8.01. The summed E-state index contributed by atoms with van der Waals surface area (Å²) >= 11 is 0. The molecule has 0 radical (unpaired) electrons. The molecule has 7 nitrogen and oxygen atoms in total. The van der Waals surface area contributed by atoms with E-state index in [1.165, 1.54) is 6.26 Å². The van der Waals surface area contributed by atoms with E-state index in [9.17, 15) is 8.42 Å². The molecule has 8 heteroatoms. The zero-order valence-corrected chi connectivity index (χ0v) is 18.5. The van der Waals surface area contributed by atoms with Crippen molar-refractivity contribution in [1.82, 2.24) is 15.6 Å². The number of nitrogens with zero attached hydrogens (tertiary/aromatic N) is 2. The fourth-order valence-electron chi connectivity index (χ4n) is 2.75. The van der Waals surface area contributed by atoms with Crippen LogP contribution in [0.5, 0.6) is 5.88 Å². The van der Waals surface area contributed by atoms with Gasteiger partial charge in [0.1, 0.15) is 0 Å². The van der Waals surface area contributed by atoms with E-state index in [1.807, 2.05) is 45.0 Å². The maximum absolute atomic E-state index is 11.8. The number of guanidine groups is 1. The molecule has 0 aliphatic carbocycles. The summed E-state index contributed by atoms with van der Waals surface area (Å²) in [7, 11) is -3.21. The molecule has 0 saturated heterocycles. The first-order valence-corrected chi connectivity index (χ1v) is 11.5. The number of aryl methyl sites for hydroxylation is 1. The van der Waals surface area contributed by atoms with Crippen LogP contribution in [0.15, 0.2) is 46.4 Å².